The number of nitrogens with one attached hydrogen (secondary N) is 3. The van der Waals surface area contributed by atoms with E-state index in [-0.39, 0.29) is 11.9 Å². The Bertz CT molecular complexity index is 1260. The van der Waals surface area contributed by atoms with E-state index in [1.807, 2.05) is 0 Å². The fourth-order valence-corrected chi connectivity index (χ4v) is 3.01. The molecule has 0 atom stereocenters. The zero-order chi connectivity index (χ0) is 22.2. The lowest BCUT2D eigenvalue weighted by Crippen LogP contribution is -2.22. The largest absolute Gasteiger partial charge is 0.405 e. The van der Waals surface area contributed by atoms with Crippen molar-refractivity contribution in [1.29, 1.82) is 0 Å². The Balaban J connectivity index is 1.55. The second kappa shape index (κ2) is 7.70. The third-order valence-corrected chi connectivity index (χ3v) is 4.38. The van der Waals surface area contributed by atoms with Gasteiger partial charge in [-0.05, 0) is 19.1 Å². The second-order valence-electron chi connectivity index (χ2n) is 6.83. The summed E-state index contributed by atoms with van der Waals surface area (Å²) in [6, 6.07) is 4.99. The first-order chi connectivity index (χ1) is 14.7. The van der Waals surface area contributed by atoms with Crippen LogP contribution >= 0.6 is 0 Å². The molecule has 12 heteroatoms. The van der Waals surface area contributed by atoms with E-state index in [4.69, 9.17) is 0 Å². The summed E-state index contributed by atoms with van der Waals surface area (Å²) in [6.07, 6.45) is 0.189. The minimum atomic E-state index is -4.37. The zero-order valence-electron chi connectivity index (χ0n) is 16.4. The van der Waals surface area contributed by atoms with Crippen molar-refractivity contribution in [3.63, 3.8) is 0 Å². The van der Waals surface area contributed by atoms with Crippen molar-refractivity contribution in [2.24, 2.45) is 7.05 Å². The second-order valence-corrected chi connectivity index (χ2v) is 6.83. The molecule has 1 amide bonds. The van der Waals surface area contributed by atoms with E-state index in [1.165, 1.54) is 6.20 Å². The predicted octanol–water partition coefficient (Wildman–Crippen LogP) is 3.29. The summed E-state index contributed by atoms with van der Waals surface area (Å²) in [4.78, 5) is 27.7. The van der Waals surface area contributed by atoms with Crippen LogP contribution < -0.4 is 10.6 Å². The van der Waals surface area contributed by atoms with Crippen molar-refractivity contribution >= 4 is 28.6 Å². The molecule has 0 unspecified atom stereocenters. The number of H-pyrrole nitrogens is 1. The SMILES string of the molecule is Cc1nn(C)cc1C(=O)Nc1cc2[nH]c(-c3ccnc(NCC(F)(F)F)n3)cc2cn1. The van der Waals surface area contributed by atoms with Crippen molar-refractivity contribution in [2.45, 2.75) is 13.1 Å². The molecule has 0 radical (unpaired) electrons. The highest BCUT2D eigenvalue weighted by Gasteiger charge is 2.27. The van der Waals surface area contributed by atoms with E-state index in [0.717, 1.165) is 5.39 Å². The van der Waals surface area contributed by atoms with Gasteiger partial charge in [0.2, 0.25) is 5.95 Å². The van der Waals surface area contributed by atoms with Gasteiger partial charge in [-0.1, -0.05) is 0 Å². The predicted molar refractivity (Wildman–Crippen MR) is 108 cm³/mol. The molecular formula is C19H17F3N8O. The average molecular weight is 430 g/mol. The molecule has 0 aliphatic carbocycles. The van der Waals surface area contributed by atoms with Gasteiger partial charge in [0, 0.05) is 37.1 Å². The molecule has 0 aliphatic heterocycles. The van der Waals surface area contributed by atoms with Crippen LogP contribution in [0, 0.1) is 6.92 Å². The molecule has 4 heterocycles. The molecule has 0 saturated heterocycles. The minimum absolute atomic E-state index is 0.133. The van der Waals surface area contributed by atoms with Gasteiger partial charge in [0.1, 0.15) is 12.4 Å². The summed E-state index contributed by atoms with van der Waals surface area (Å²) >= 11 is 0. The summed E-state index contributed by atoms with van der Waals surface area (Å²) in [6.45, 7) is 0.509. The van der Waals surface area contributed by atoms with Gasteiger partial charge < -0.3 is 15.6 Å². The number of aryl methyl sites for hydroxylation is 2. The number of anilines is 2. The number of carbonyl (C=O) groups excluding carboxylic acids is 1. The molecule has 0 aliphatic rings. The van der Waals surface area contributed by atoms with Crippen LogP contribution in [0.5, 0.6) is 0 Å². The molecule has 9 nitrogen and oxygen atoms in total. The Hall–Kier alpha value is -3.96. The maximum absolute atomic E-state index is 12.5. The van der Waals surface area contributed by atoms with Crippen LogP contribution in [-0.4, -0.2) is 48.3 Å². The van der Waals surface area contributed by atoms with Crippen molar-refractivity contribution in [3.8, 4) is 11.4 Å². The van der Waals surface area contributed by atoms with Gasteiger partial charge in [-0.15, -0.1) is 0 Å². The molecule has 4 aromatic rings. The number of carbonyl (C=O) groups is 1. The monoisotopic (exact) mass is 430 g/mol. The highest BCUT2D eigenvalue weighted by atomic mass is 19.4. The molecule has 4 aromatic heterocycles. The molecule has 160 valence electrons. The van der Waals surface area contributed by atoms with Gasteiger partial charge in [0.15, 0.2) is 0 Å². The summed E-state index contributed by atoms with van der Waals surface area (Å²) in [5, 5.41) is 9.77. The number of aromatic amines is 1. The summed E-state index contributed by atoms with van der Waals surface area (Å²) in [5.74, 6) is -0.129. The topological polar surface area (TPSA) is 113 Å². The lowest BCUT2D eigenvalue weighted by Gasteiger charge is -2.08. The number of amides is 1. The summed E-state index contributed by atoms with van der Waals surface area (Å²) in [5.41, 5.74) is 2.69. The zero-order valence-corrected chi connectivity index (χ0v) is 16.4. The summed E-state index contributed by atoms with van der Waals surface area (Å²) in [7, 11) is 1.73. The highest BCUT2D eigenvalue weighted by Crippen LogP contribution is 2.25. The number of hydrogen-bond acceptors (Lipinski definition) is 6. The van der Waals surface area contributed by atoms with Crippen LogP contribution in [0.4, 0.5) is 24.9 Å². The van der Waals surface area contributed by atoms with Gasteiger partial charge >= 0.3 is 6.18 Å². The lowest BCUT2D eigenvalue weighted by molar-refractivity contribution is -0.115. The quantitative estimate of drug-likeness (QED) is 0.448. The molecule has 31 heavy (non-hydrogen) atoms. The van der Waals surface area contributed by atoms with Crippen molar-refractivity contribution < 1.29 is 18.0 Å². The average Bonchev–Trinajstić information content (AvgIpc) is 3.28. The van der Waals surface area contributed by atoms with Crippen LogP contribution in [0.15, 0.2) is 36.8 Å². The van der Waals surface area contributed by atoms with E-state index in [1.54, 1.807) is 49.2 Å². The maximum atomic E-state index is 12.5. The number of nitrogens with zero attached hydrogens (tertiary/aromatic N) is 5. The smallest absolute Gasteiger partial charge is 0.353 e. The molecule has 3 N–H and O–H groups in total. The molecule has 4 rings (SSSR count). The summed E-state index contributed by atoms with van der Waals surface area (Å²) < 4.78 is 38.7. The molecule has 0 aromatic carbocycles. The third kappa shape index (κ3) is 4.63. The number of halogens is 3. The lowest BCUT2D eigenvalue weighted by atomic mass is 10.2. The van der Waals surface area contributed by atoms with Gasteiger partial charge in [0.05, 0.1) is 28.2 Å². The van der Waals surface area contributed by atoms with E-state index < -0.39 is 12.7 Å². The normalized spacial score (nSPS) is 11.6. The number of hydrogen-bond donors (Lipinski definition) is 3. The number of alkyl halides is 3. The fourth-order valence-electron chi connectivity index (χ4n) is 3.01. The van der Waals surface area contributed by atoms with E-state index in [2.05, 4.69) is 35.7 Å². The molecule has 0 bridgehead atoms. The van der Waals surface area contributed by atoms with Gasteiger partial charge in [0.25, 0.3) is 5.91 Å². The first kappa shape index (κ1) is 20.3. The molecule has 0 fully saturated rings. The van der Waals surface area contributed by atoms with Crippen molar-refractivity contribution in [2.75, 3.05) is 17.2 Å². The van der Waals surface area contributed by atoms with Crippen LogP contribution in [0.1, 0.15) is 16.1 Å². The number of fused-ring (bicyclic) bond motifs is 1. The minimum Gasteiger partial charge on any atom is -0.353 e. The van der Waals surface area contributed by atoms with Gasteiger partial charge in [-0.2, -0.15) is 18.3 Å². The Morgan fingerprint density at radius 3 is 2.77 bits per heavy atom. The highest BCUT2D eigenvalue weighted by molar-refractivity contribution is 6.05. The molecule has 0 spiro atoms. The van der Waals surface area contributed by atoms with E-state index in [0.29, 0.717) is 34.0 Å². The standard InChI is InChI=1S/C19H17F3N8O/c1-10-12(8-30(2)29-10)17(31)28-16-6-14-11(7-24-16)5-15(26-14)13-3-4-23-18(27-13)25-9-19(20,21)22/h3-8,26H,9H2,1-2H3,(H,23,25,27)(H,24,28,31). The van der Waals surface area contributed by atoms with E-state index in [9.17, 15) is 18.0 Å². The third-order valence-electron chi connectivity index (χ3n) is 4.38. The first-order valence-electron chi connectivity index (χ1n) is 9.12. The first-order valence-corrected chi connectivity index (χ1v) is 9.12. The Kier molecular flexibility index (Phi) is 5.05. The van der Waals surface area contributed by atoms with Gasteiger partial charge in [-0.3, -0.25) is 9.48 Å². The Morgan fingerprint density at radius 1 is 1.26 bits per heavy atom. The van der Waals surface area contributed by atoms with E-state index >= 15 is 0 Å². The number of pyridine rings is 1. The maximum Gasteiger partial charge on any atom is 0.405 e. The molecule has 0 saturated carbocycles. The van der Waals surface area contributed by atoms with Crippen LogP contribution in [-0.2, 0) is 7.05 Å². The van der Waals surface area contributed by atoms with Crippen LogP contribution in [0.25, 0.3) is 22.3 Å². The fraction of sp³-hybridized carbons (Fsp3) is 0.211. The van der Waals surface area contributed by atoms with Crippen LogP contribution in [0.2, 0.25) is 0 Å². The number of rotatable bonds is 5. The van der Waals surface area contributed by atoms with Crippen molar-refractivity contribution in [3.05, 3.63) is 48.0 Å². The molecular weight excluding hydrogens is 413 g/mol. The van der Waals surface area contributed by atoms with Gasteiger partial charge in [-0.25, -0.2) is 15.0 Å². The van der Waals surface area contributed by atoms with Crippen molar-refractivity contribution in [1.82, 2.24) is 29.7 Å². The number of aromatic nitrogens is 6. The Labute approximate surface area is 173 Å². The van der Waals surface area contributed by atoms with Crippen LogP contribution in [0.3, 0.4) is 0 Å². The Morgan fingerprint density at radius 2 is 2.06 bits per heavy atom.